The number of benzene rings is 1. The fraction of sp³-hybridized carbons (Fsp3) is 0.278. The van der Waals surface area contributed by atoms with Crippen LogP contribution in [0.3, 0.4) is 0 Å². The number of carbonyl (C=O) groups excluding carboxylic acids is 1. The minimum absolute atomic E-state index is 0.00210. The van der Waals surface area contributed by atoms with Crippen molar-refractivity contribution in [3.63, 3.8) is 0 Å². The summed E-state index contributed by atoms with van der Waals surface area (Å²) in [6.45, 7) is 3.51. The van der Waals surface area contributed by atoms with Crippen LogP contribution in [0.1, 0.15) is 27.2 Å². The van der Waals surface area contributed by atoms with Crippen molar-refractivity contribution in [1.82, 2.24) is 10.6 Å². The molecule has 1 aromatic heterocycles. The highest BCUT2D eigenvalue weighted by Crippen LogP contribution is 2.26. The minimum Gasteiger partial charge on any atom is -0.350 e. The van der Waals surface area contributed by atoms with Crippen molar-refractivity contribution in [2.75, 3.05) is 13.1 Å². The van der Waals surface area contributed by atoms with Crippen LogP contribution in [0.25, 0.3) is 5.57 Å². The van der Waals surface area contributed by atoms with Crippen molar-refractivity contribution in [2.24, 2.45) is 0 Å². The molecule has 0 saturated heterocycles. The molecule has 3 rings (SSSR count). The van der Waals surface area contributed by atoms with Crippen LogP contribution in [0.5, 0.6) is 0 Å². The average Bonchev–Trinajstić information content (AvgIpc) is 3.07. The lowest BCUT2D eigenvalue weighted by molar-refractivity contribution is 0.0949. The molecule has 4 heteroatoms. The summed E-state index contributed by atoms with van der Waals surface area (Å²) in [6.07, 6.45) is 3.19. The van der Waals surface area contributed by atoms with Crippen LogP contribution >= 0.6 is 11.3 Å². The first kappa shape index (κ1) is 15.0. The Kier molecular flexibility index (Phi) is 4.71. The first-order chi connectivity index (χ1) is 10.7. The minimum atomic E-state index is -0.00210. The smallest absolute Gasteiger partial charge is 0.251 e. The second-order valence-electron chi connectivity index (χ2n) is 5.60. The molecule has 3 nitrogen and oxygen atoms in total. The molecule has 114 valence electrons. The van der Waals surface area contributed by atoms with Gasteiger partial charge in [0.1, 0.15) is 0 Å². The highest BCUT2D eigenvalue weighted by Gasteiger charge is 2.17. The highest BCUT2D eigenvalue weighted by atomic mass is 32.1. The van der Waals surface area contributed by atoms with E-state index in [1.54, 1.807) is 11.3 Å². The van der Waals surface area contributed by atoms with Gasteiger partial charge in [-0.1, -0.05) is 29.8 Å². The van der Waals surface area contributed by atoms with Gasteiger partial charge in [-0.05, 0) is 42.5 Å². The Morgan fingerprint density at radius 3 is 3.05 bits per heavy atom. The second kappa shape index (κ2) is 6.90. The van der Waals surface area contributed by atoms with Gasteiger partial charge >= 0.3 is 0 Å². The molecule has 0 bridgehead atoms. The molecule has 1 aliphatic heterocycles. The van der Waals surface area contributed by atoms with Crippen molar-refractivity contribution in [3.8, 4) is 0 Å². The summed E-state index contributed by atoms with van der Waals surface area (Å²) >= 11 is 1.77. The highest BCUT2D eigenvalue weighted by molar-refractivity contribution is 7.11. The standard InChI is InChI=1S/C18H20N2OS/c1-13-4-2-5-15(10-13)18(21)20-12-16-11-14(7-8-19-16)17-6-3-9-22-17/h2-7,9-10,16,19H,8,11-12H2,1H3,(H,20,21). The largest absolute Gasteiger partial charge is 0.350 e. The summed E-state index contributed by atoms with van der Waals surface area (Å²) in [5.41, 5.74) is 3.21. The van der Waals surface area contributed by atoms with E-state index >= 15 is 0 Å². The van der Waals surface area contributed by atoms with Gasteiger partial charge in [0.2, 0.25) is 0 Å². The molecule has 0 aliphatic carbocycles. The molecular formula is C18H20N2OS. The van der Waals surface area contributed by atoms with Gasteiger partial charge in [0.05, 0.1) is 0 Å². The molecule has 2 N–H and O–H groups in total. The Morgan fingerprint density at radius 2 is 2.27 bits per heavy atom. The molecule has 22 heavy (non-hydrogen) atoms. The van der Waals surface area contributed by atoms with E-state index in [0.717, 1.165) is 24.1 Å². The molecule has 2 heterocycles. The van der Waals surface area contributed by atoms with E-state index in [-0.39, 0.29) is 11.9 Å². The predicted octanol–water partition coefficient (Wildman–Crippen LogP) is 3.23. The predicted molar refractivity (Wildman–Crippen MR) is 92.2 cm³/mol. The number of carbonyl (C=O) groups is 1. The van der Waals surface area contributed by atoms with E-state index in [1.165, 1.54) is 10.5 Å². The van der Waals surface area contributed by atoms with Gasteiger partial charge in [-0.25, -0.2) is 0 Å². The molecule has 1 aromatic carbocycles. The summed E-state index contributed by atoms with van der Waals surface area (Å²) in [7, 11) is 0. The van der Waals surface area contributed by atoms with Crippen LogP contribution in [0, 0.1) is 6.92 Å². The van der Waals surface area contributed by atoms with Crippen LogP contribution < -0.4 is 10.6 Å². The zero-order valence-corrected chi connectivity index (χ0v) is 13.5. The molecule has 0 spiro atoms. The van der Waals surface area contributed by atoms with Gasteiger partial charge in [0.15, 0.2) is 0 Å². The van der Waals surface area contributed by atoms with E-state index in [9.17, 15) is 4.79 Å². The number of aryl methyl sites for hydroxylation is 1. The molecule has 0 fully saturated rings. The Hall–Kier alpha value is -1.91. The molecule has 1 atom stereocenters. The quantitative estimate of drug-likeness (QED) is 0.910. The molecular weight excluding hydrogens is 292 g/mol. The summed E-state index contributed by atoms with van der Waals surface area (Å²) in [5.74, 6) is -0.00210. The number of hydrogen-bond donors (Lipinski definition) is 2. The fourth-order valence-electron chi connectivity index (χ4n) is 2.68. The lowest BCUT2D eigenvalue weighted by atomic mass is 10.0. The first-order valence-corrected chi connectivity index (χ1v) is 8.41. The molecule has 1 unspecified atom stereocenters. The Morgan fingerprint density at radius 1 is 1.36 bits per heavy atom. The van der Waals surface area contributed by atoms with Crippen molar-refractivity contribution in [2.45, 2.75) is 19.4 Å². The summed E-state index contributed by atoms with van der Waals surface area (Å²) in [6, 6.07) is 12.2. The van der Waals surface area contributed by atoms with Crippen molar-refractivity contribution < 1.29 is 4.79 Å². The van der Waals surface area contributed by atoms with Crippen molar-refractivity contribution in [1.29, 1.82) is 0 Å². The lowest BCUT2D eigenvalue weighted by Crippen LogP contribution is -2.42. The van der Waals surface area contributed by atoms with Crippen LogP contribution in [-0.2, 0) is 0 Å². The molecule has 0 radical (unpaired) electrons. The SMILES string of the molecule is Cc1cccc(C(=O)NCC2CC(c3cccs3)=CCN2)c1. The molecule has 1 aliphatic rings. The third-order valence-corrected chi connectivity index (χ3v) is 4.79. The topological polar surface area (TPSA) is 41.1 Å². The van der Waals surface area contributed by atoms with Crippen molar-refractivity contribution >= 4 is 22.8 Å². The van der Waals surface area contributed by atoms with E-state index in [1.807, 2.05) is 31.2 Å². The Bertz CT molecular complexity index is 676. The number of amides is 1. The maximum Gasteiger partial charge on any atom is 0.251 e. The second-order valence-corrected chi connectivity index (χ2v) is 6.54. The van der Waals surface area contributed by atoms with Crippen LogP contribution in [0.4, 0.5) is 0 Å². The van der Waals surface area contributed by atoms with Gasteiger partial charge < -0.3 is 10.6 Å². The number of thiophene rings is 1. The van der Waals surface area contributed by atoms with E-state index in [0.29, 0.717) is 6.54 Å². The lowest BCUT2D eigenvalue weighted by Gasteiger charge is -2.24. The zero-order chi connectivity index (χ0) is 15.4. The normalized spacial score (nSPS) is 17.9. The van der Waals surface area contributed by atoms with Gasteiger partial charge in [0, 0.05) is 29.6 Å². The number of nitrogens with one attached hydrogen (secondary N) is 2. The fourth-order valence-corrected chi connectivity index (χ4v) is 3.46. The maximum absolute atomic E-state index is 12.2. The third kappa shape index (κ3) is 3.64. The van der Waals surface area contributed by atoms with Gasteiger partial charge in [-0.3, -0.25) is 4.79 Å². The first-order valence-electron chi connectivity index (χ1n) is 7.53. The van der Waals surface area contributed by atoms with E-state index in [2.05, 4.69) is 34.2 Å². The zero-order valence-electron chi connectivity index (χ0n) is 12.6. The Balaban J connectivity index is 1.56. The summed E-state index contributed by atoms with van der Waals surface area (Å²) in [5, 5.41) is 8.58. The third-order valence-electron chi connectivity index (χ3n) is 3.85. The van der Waals surface area contributed by atoms with E-state index < -0.39 is 0 Å². The van der Waals surface area contributed by atoms with Gasteiger partial charge in [0.25, 0.3) is 5.91 Å². The van der Waals surface area contributed by atoms with Crippen LogP contribution in [0.2, 0.25) is 0 Å². The van der Waals surface area contributed by atoms with Crippen LogP contribution in [-0.4, -0.2) is 25.0 Å². The maximum atomic E-state index is 12.2. The Labute approximate surface area is 135 Å². The van der Waals surface area contributed by atoms with Gasteiger partial charge in [-0.2, -0.15) is 0 Å². The van der Waals surface area contributed by atoms with Crippen LogP contribution in [0.15, 0.2) is 47.9 Å². The van der Waals surface area contributed by atoms with Crippen molar-refractivity contribution in [3.05, 3.63) is 63.9 Å². The molecule has 0 saturated carbocycles. The average molecular weight is 312 g/mol. The molecule has 1 amide bonds. The van der Waals surface area contributed by atoms with Gasteiger partial charge in [-0.15, -0.1) is 11.3 Å². The summed E-state index contributed by atoms with van der Waals surface area (Å²) in [4.78, 5) is 13.5. The summed E-state index contributed by atoms with van der Waals surface area (Å²) < 4.78 is 0. The number of rotatable bonds is 4. The number of hydrogen-bond acceptors (Lipinski definition) is 3. The molecule has 2 aromatic rings. The van der Waals surface area contributed by atoms with E-state index in [4.69, 9.17) is 0 Å². The monoisotopic (exact) mass is 312 g/mol.